The van der Waals surface area contributed by atoms with Crippen molar-refractivity contribution in [3.8, 4) is 0 Å². The van der Waals surface area contributed by atoms with Gasteiger partial charge in [-0.25, -0.2) is 4.98 Å². The van der Waals surface area contributed by atoms with E-state index < -0.39 is 0 Å². The van der Waals surface area contributed by atoms with Crippen LogP contribution in [0.15, 0.2) is 0 Å². The second kappa shape index (κ2) is 6.85. The molecule has 1 rings (SSSR count). The lowest BCUT2D eigenvalue weighted by molar-refractivity contribution is -0.122. The lowest BCUT2D eigenvalue weighted by atomic mass is 10.2. The Morgan fingerprint density at radius 3 is 2.56 bits per heavy atom. The molecule has 2 N–H and O–H groups in total. The van der Waals surface area contributed by atoms with E-state index in [0.29, 0.717) is 6.42 Å². The third-order valence-electron chi connectivity index (χ3n) is 2.75. The van der Waals surface area contributed by atoms with Crippen LogP contribution in [0, 0.1) is 13.8 Å². The van der Waals surface area contributed by atoms with Gasteiger partial charge in [0.25, 0.3) is 0 Å². The molecular formula is C13H23N3OS. The van der Waals surface area contributed by atoms with Gasteiger partial charge in [-0.3, -0.25) is 4.79 Å². The Kier molecular flexibility index (Phi) is 5.75. The average Bonchev–Trinajstić information content (AvgIpc) is 2.57. The van der Waals surface area contributed by atoms with Crippen LogP contribution < -0.4 is 10.6 Å². The smallest absolute Gasteiger partial charge is 0.222 e. The van der Waals surface area contributed by atoms with E-state index in [0.717, 1.165) is 22.1 Å². The van der Waals surface area contributed by atoms with Crippen LogP contribution in [0.3, 0.4) is 0 Å². The molecule has 0 aliphatic rings. The van der Waals surface area contributed by atoms with Gasteiger partial charge < -0.3 is 10.6 Å². The molecule has 1 aromatic rings. The highest BCUT2D eigenvalue weighted by atomic mass is 32.1. The maximum Gasteiger partial charge on any atom is 0.222 e. The van der Waals surface area contributed by atoms with Crippen LogP contribution in [0.5, 0.6) is 0 Å². The quantitative estimate of drug-likeness (QED) is 0.833. The number of hydrogen-bond acceptors (Lipinski definition) is 4. The minimum Gasteiger partial charge on any atom is -0.349 e. The first-order valence-corrected chi connectivity index (χ1v) is 7.22. The highest BCUT2D eigenvalue weighted by Gasteiger charge is 2.16. The van der Waals surface area contributed by atoms with E-state index in [1.807, 2.05) is 34.6 Å². The Labute approximate surface area is 113 Å². The van der Waals surface area contributed by atoms with Crippen LogP contribution in [-0.2, 0) is 4.79 Å². The summed E-state index contributed by atoms with van der Waals surface area (Å²) in [4.78, 5) is 17.4. The standard InChI is InChI=1S/C13H23N3OS/c1-6-14-8(2)7-12(17)16-10(4)13-9(3)15-11(5)18-13/h8,10,14H,6-7H2,1-5H3,(H,16,17). The van der Waals surface area contributed by atoms with Gasteiger partial charge in [0.2, 0.25) is 5.91 Å². The Morgan fingerprint density at radius 1 is 1.39 bits per heavy atom. The number of hydrogen-bond donors (Lipinski definition) is 2. The summed E-state index contributed by atoms with van der Waals surface area (Å²) in [5.74, 6) is 0.0846. The van der Waals surface area contributed by atoms with Crippen LogP contribution in [0.1, 0.15) is 48.8 Å². The topological polar surface area (TPSA) is 54.0 Å². The largest absolute Gasteiger partial charge is 0.349 e. The van der Waals surface area contributed by atoms with Crippen molar-refractivity contribution in [2.75, 3.05) is 6.54 Å². The number of nitrogens with zero attached hydrogens (tertiary/aromatic N) is 1. The number of aryl methyl sites for hydroxylation is 2. The molecule has 0 aliphatic carbocycles. The third kappa shape index (κ3) is 4.38. The maximum absolute atomic E-state index is 11.9. The molecule has 1 aromatic heterocycles. The average molecular weight is 269 g/mol. The fourth-order valence-electron chi connectivity index (χ4n) is 2.01. The zero-order valence-electron chi connectivity index (χ0n) is 11.8. The minimum absolute atomic E-state index is 0.0394. The van der Waals surface area contributed by atoms with Gasteiger partial charge in [-0.2, -0.15) is 0 Å². The predicted molar refractivity (Wildman–Crippen MR) is 75.9 cm³/mol. The normalized spacial score (nSPS) is 14.3. The number of aromatic nitrogens is 1. The van der Waals surface area contributed by atoms with Gasteiger partial charge in [-0.15, -0.1) is 11.3 Å². The zero-order valence-corrected chi connectivity index (χ0v) is 12.6. The Bertz CT molecular complexity index is 403. The molecule has 1 heterocycles. The lowest BCUT2D eigenvalue weighted by Crippen LogP contribution is -2.34. The molecule has 2 atom stereocenters. The molecule has 2 unspecified atom stereocenters. The summed E-state index contributed by atoms with van der Waals surface area (Å²) in [6.45, 7) is 10.9. The molecule has 0 radical (unpaired) electrons. The van der Waals surface area contributed by atoms with Crippen LogP contribution >= 0.6 is 11.3 Å². The van der Waals surface area contributed by atoms with Crippen molar-refractivity contribution in [3.63, 3.8) is 0 Å². The molecular weight excluding hydrogens is 246 g/mol. The summed E-state index contributed by atoms with van der Waals surface area (Å²) in [5, 5.41) is 7.31. The Balaban J connectivity index is 2.52. The van der Waals surface area contributed by atoms with Crippen LogP contribution in [0.25, 0.3) is 0 Å². The van der Waals surface area contributed by atoms with Crippen molar-refractivity contribution >= 4 is 17.2 Å². The summed E-state index contributed by atoms with van der Waals surface area (Å²) < 4.78 is 0. The molecule has 4 nitrogen and oxygen atoms in total. The van der Waals surface area contributed by atoms with Gasteiger partial charge in [0.15, 0.2) is 0 Å². The highest BCUT2D eigenvalue weighted by molar-refractivity contribution is 7.11. The molecule has 0 bridgehead atoms. The van der Waals surface area contributed by atoms with E-state index in [-0.39, 0.29) is 18.0 Å². The summed E-state index contributed by atoms with van der Waals surface area (Å²) in [6.07, 6.45) is 0.509. The molecule has 1 amide bonds. The first-order valence-electron chi connectivity index (χ1n) is 6.40. The molecule has 5 heteroatoms. The lowest BCUT2D eigenvalue weighted by Gasteiger charge is -2.16. The van der Waals surface area contributed by atoms with Gasteiger partial charge in [0.05, 0.1) is 16.7 Å². The number of carbonyl (C=O) groups excluding carboxylic acids is 1. The number of amides is 1. The van der Waals surface area contributed by atoms with Crippen LogP contribution in [-0.4, -0.2) is 23.5 Å². The van der Waals surface area contributed by atoms with E-state index in [2.05, 4.69) is 15.6 Å². The van der Waals surface area contributed by atoms with E-state index in [4.69, 9.17) is 0 Å². The molecule has 0 fully saturated rings. The van der Waals surface area contributed by atoms with E-state index in [1.54, 1.807) is 11.3 Å². The number of carbonyl (C=O) groups is 1. The van der Waals surface area contributed by atoms with Gasteiger partial charge >= 0.3 is 0 Å². The Hall–Kier alpha value is -0.940. The first-order chi connectivity index (χ1) is 8.43. The SMILES string of the molecule is CCNC(C)CC(=O)NC(C)c1sc(C)nc1C. The van der Waals surface area contributed by atoms with Crippen molar-refractivity contribution in [1.29, 1.82) is 0 Å². The Morgan fingerprint density at radius 2 is 2.06 bits per heavy atom. The molecule has 0 saturated heterocycles. The number of nitrogens with one attached hydrogen (secondary N) is 2. The summed E-state index contributed by atoms with van der Waals surface area (Å²) in [6, 6.07) is 0.254. The number of thiazole rings is 1. The zero-order chi connectivity index (χ0) is 13.7. The van der Waals surface area contributed by atoms with E-state index in [9.17, 15) is 4.79 Å². The molecule has 18 heavy (non-hydrogen) atoms. The van der Waals surface area contributed by atoms with Crippen molar-refractivity contribution in [2.45, 2.75) is 53.1 Å². The second-order valence-electron chi connectivity index (χ2n) is 4.63. The summed E-state index contributed by atoms with van der Waals surface area (Å²) in [7, 11) is 0. The van der Waals surface area contributed by atoms with E-state index >= 15 is 0 Å². The van der Waals surface area contributed by atoms with E-state index in [1.165, 1.54) is 0 Å². The predicted octanol–water partition coefficient (Wildman–Crippen LogP) is 2.33. The maximum atomic E-state index is 11.9. The van der Waals surface area contributed by atoms with Crippen molar-refractivity contribution < 1.29 is 4.79 Å². The van der Waals surface area contributed by atoms with Gasteiger partial charge in [0.1, 0.15) is 0 Å². The van der Waals surface area contributed by atoms with Crippen LogP contribution in [0.4, 0.5) is 0 Å². The fraction of sp³-hybridized carbons (Fsp3) is 0.692. The fourth-order valence-corrected chi connectivity index (χ4v) is 2.94. The minimum atomic E-state index is 0.0394. The summed E-state index contributed by atoms with van der Waals surface area (Å²) >= 11 is 1.65. The molecule has 0 spiro atoms. The van der Waals surface area contributed by atoms with Crippen LogP contribution in [0.2, 0.25) is 0 Å². The first kappa shape index (κ1) is 15.1. The van der Waals surface area contributed by atoms with Crippen molar-refractivity contribution in [3.05, 3.63) is 15.6 Å². The molecule has 102 valence electrons. The third-order valence-corrected chi connectivity index (χ3v) is 4.01. The monoisotopic (exact) mass is 269 g/mol. The number of rotatable bonds is 6. The highest BCUT2D eigenvalue weighted by Crippen LogP contribution is 2.24. The summed E-state index contributed by atoms with van der Waals surface area (Å²) in [5.41, 5.74) is 1.02. The van der Waals surface area contributed by atoms with Crippen molar-refractivity contribution in [2.24, 2.45) is 0 Å². The molecule has 0 aromatic carbocycles. The van der Waals surface area contributed by atoms with Gasteiger partial charge in [-0.05, 0) is 34.2 Å². The molecule has 0 aliphatic heterocycles. The van der Waals surface area contributed by atoms with Gasteiger partial charge in [-0.1, -0.05) is 6.92 Å². The second-order valence-corrected chi connectivity index (χ2v) is 5.87. The van der Waals surface area contributed by atoms with Gasteiger partial charge in [0, 0.05) is 17.3 Å². The molecule has 0 saturated carbocycles. The van der Waals surface area contributed by atoms with Crippen molar-refractivity contribution in [1.82, 2.24) is 15.6 Å².